The van der Waals surface area contributed by atoms with Crippen molar-refractivity contribution in [2.45, 2.75) is 32.2 Å². The third-order valence-electron chi connectivity index (χ3n) is 7.19. The fraction of sp³-hybridized carbons (Fsp3) is 0.480. The SMILES string of the molecule is CCc1nc2ccccc2n1-c1nc(N2CCOCC2)c2nc(C(=O)N3CCCC3CO)n(C)c2n1. The lowest BCUT2D eigenvalue weighted by molar-refractivity contribution is 0.0662. The maximum atomic E-state index is 13.5. The number of imidazole rings is 2. The number of rotatable bonds is 5. The molecule has 36 heavy (non-hydrogen) atoms. The molecular weight excluding hydrogens is 460 g/mol. The number of hydrogen-bond donors (Lipinski definition) is 1. The minimum Gasteiger partial charge on any atom is -0.394 e. The number of likely N-dealkylation sites (tertiary alicyclic amines) is 1. The third-order valence-corrected chi connectivity index (χ3v) is 7.19. The van der Waals surface area contributed by atoms with Gasteiger partial charge in [-0.3, -0.25) is 9.36 Å². The molecule has 2 saturated heterocycles. The Morgan fingerprint density at radius 1 is 1.11 bits per heavy atom. The Bertz CT molecular complexity index is 1440. The van der Waals surface area contributed by atoms with Crippen LogP contribution in [0.3, 0.4) is 0 Å². The normalized spacial score (nSPS) is 18.6. The van der Waals surface area contributed by atoms with Gasteiger partial charge in [-0.25, -0.2) is 9.97 Å². The van der Waals surface area contributed by atoms with E-state index in [9.17, 15) is 9.90 Å². The number of anilines is 1. The quantitative estimate of drug-likeness (QED) is 0.450. The van der Waals surface area contributed by atoms with Crippen LogP contribution in [0.2, 0.25) is 0 Å². The first-order chi connectivity index (χ1) is 17.6. The summed E-state index contributed by atoms with van der Waals surface area (Å²) in [4.78, 5) is 36.9. The number of morpholine rings is 1. The largest absolute Gasteiger partial charge is 0.394 e. The summed E-state index contributed by atoms with van der Waals surface area (Å²) < 4.78 is 9.33. The predicted octanol–water partition coefficient (Wildman–Crippen LogP) is 1.70. The smallest absolute Gasteiger partial charge is 0.290 e. The first-order valence-corrected chi connectivity index (χ1v) is 12.6. The zero-order valence-corrected chi connectivity index (χ0v) is 20.6. The van der Waals surface area contributed by atoms with Crippen LogP contribution in [-0.4, -0.2) is 90.5 Å². The molecule has 11 heteroatoms. The number of ether oxygens (including phenoxy) is 1. The summed E-state index contributed by atoms with van der Waals surface area (Å²) >= 11 is 0. The molecule has 2 fully saturated rings. The van der Waals surface area contributed by atoms with Crippen LogP contribution >= 0.6 is 0 Å². The van der Waals surface area contributed by atoms with Crippen LogP contribution in [0.5, 0.6) is 0 Å². The van der Waals surface area contributed by atoms with E-state index in [4.69, 9.17) is 24.7 Å². The maximum absolute atomic E-state index is 13.5. The standard InChI is InChI=1S/C25H30N8O3/c1-3-19-26-17-8-4-5-9-18(17)33(19)25-28-21-20(22(29-25)31-11-13-36-14-12-31)27-23(30(21)2)24(35)32-10-6-7-16(32)15-34/h4-5,8-9,16,34H,3,6-7,10-15H2,1-2H3. The van der Waals surface area contributed by atoms with E-state index in [1.165, 1.54) is 0 Å². The van der Waals surface area contributed by atoms with E-state index in [1.54, 1.807) is 9.47 Å². The number of amides is 1. The van der Waals surface area contributed by atoms with Gasteiger partial charge in [-0.2, -0.15) is 9.97 Å². The molecule has 0 spiro atoms. The zero-order chi connectivity index (χ0) is 24.8. The molecule has 5 heterocycles. The molecule has 1 amide bonds. The molecule has 2 aliphatic rings. The van der Waals surface area contributed by atoms with Crippen LogP contribution in [0.4, 0.5) is 5.82 Å². The van der Waals surface area contributed by atoms with Crippen molar-refractivity contribution in [1.29, 1.82) is 0 Å². The van der Waals surface area contributed by atoms with Crippen LogP contribution < -0.4 is 4.90 Å². The average Bonchev–Trinajstić information content (AvgIpc) is 3.63. The second-order valence-electron chi connectivity index (χ2n) is 9.30. The monoisotopic (exact) mass is 490 g/mol. The molecule has 1 atom stereocenters. The number of benzene rings is 1. The second-order valence-corrected chi connectivity index (χ2v) is 9.30. The van der Waals surface area contributed by atoms with E-state index < -0.39 is 0 Å². The molecule has 6 rings (SSSR count). The molecule has 0 aliphatic carbocycles. The van der Waals surface area contributed by atoms with Gasteiger partial charge in [0, 0.05) is 33.1 Å². The Morgan fingerprint density at radius 3 is 2.69 bits per heavy atom. The zero-order valence-electron chi connectivity index (χ0n) is 20.6. The summed E-state index contributed by atoms with van der Waals surface area (Å²) in [6, 6.07) is 7.78. The van der Waals surface area contributed by atoms with Gasteiger partial charge in [0.05, 0.1) is 36.9 Å². The van der Waals surface area contributed by atoms with E-state index in [-0.39, 0.29) is 18.6 Å². The Morgan fingerprint density at radius 2 is 1.92 bits per heavy atom. The number of fused-ring (bicyclic) bond motifs is 2. The van der Waals surface area contributed by atoms with E-state index in [2.05, 4.69) is 11.8 Å². The lowest BCUT2D eigenvalue weighted by Crippen LogP contribution is -2.38. The molecule has 3 aromatic heterocycles. The molecule has 0 saturated carbocycles. The van der Waals surface area contributed by atoms with Gasteiger partial charge in [-0.05, 0) is 25.0 Å². The summed E-state index contributed by atoms with van der Waals surface area (Å²) in [5.41, 5.74) is 3.00. The number of carbonyl (C=O) groups is 1. The highest BCUT2D eigenvalue weighted by molar-refractivity contribution is 5.97. The molecule has 2 aliphatic heterocycles. The first kappa shape index (κ1) is 22.9. The molecule has 0 bridgehead atoms. The van der Waals surface area contributed by atoms with Crippen LogP contribution in [-0.2, 0) is 18.2 Å². The van der Waals surface area contributed by atoms with Gasteiger partial charge in [0.1, 0.15) is 5.82 Å². The van der Waals surface area contributed by atoms with Gasteiger partial charge in [-0.15, -0.1) is 0 Å². The summed E-state index contributed by atoms with van der Waals surface area (Å²) in [5, 5.41) is 9.76. The van der Waals surface area contributed by atoms with Crippen LogP contribution in [0.1, 0.15) is 36.2 Å². The number of para-hydroxylation sites is 2. The highest BCUT2D eigenvalue weighted by atomic mass is 16.5. The van der Waals surface area contributed by atoms with E-state index in [0.717, 1.165) is 36.1 Å². The number of carbonyl (C=O) groups excluding carboxylic acids is 1. The van der Waals surface area contributed by atoms with Gasteiger partial charge in [0.25, 0.3) is 5.91 Å². The molecule has 188 valence electrons. The average molecular weight is 491 g/mol. The van der Waals surface area contributed by atoms with E-state index in [1.807, 2.05) is 35.9 Å². The Labute approximate surface area is 208 Å². The van der Waals surface area contributed by atoms with Crippen molar-refractivity contribution < 1.29 is 14.6 Å². The number of aromatic nitrogens is 6. The number of aliphatic hydroxyl groups is 1. The summed E-state index contributed by atoms with van der Waals surface area (Å²) in [7, 11) is 1.82. The summed E-state index contributed by atoms with van der Waals surface area (Å²) in [6.45, 7) is 5.17. The molecular formula is C25H30N8O3. The Balaban J connectivity index is 1.56. The Kier molecular flexibility index (Phi) is 5.81. The molecule has 4 aromatic rings. The predicted molar refractivity (Wildman–Crippen MR) is 134 cm³/mol. The van der Waals surface area contributed by atoms with Crippen molar-refractivity contribution in [3.05, 3.63) is 35.9 Å². The van der Waals surface area contributed by atoms with Gasteiger partial charge < -0.3 is 24.2 Å². The number of aryl methyl sites for hydroxylation is 2. The maximum Gasteiger partial charge on any atom is 0.290 e. The van der Waals surface area contributed by atoms with Crippen molar-refractivity contribution in [3.63, 3.8) is 0 Å². The number of nitrogens with zero attached hydrogens (tertiary/aromatic N) is 8. The van der Waals surface area contributed by atoms with Crippen LogP contribution in [0.15, 0.2) is 24.3 Å². The minimum absolute atomic E-state index is 0.0494. The molecule has 1 unspecified atom stereocenters. The number of aliphatic hydroxyl groups excluding tert-OH is 1. The lowest BCUT2D eigenvalue weighted by Gasteiger charge is -2.28. The van der Waals surface area contributed by atoms with E-state index in [0.29, 0.717) is 61.6 Å². The molecule has 11 nitrogen and oxygen atoms in total. The minimum atomic E-state index is -0.191. The van der Waals surface area contributed by atoms with Gasteiger partial charge in [0.15, 0.2) is 17.0 Å². The second kappa shape index (κ2) is 9.14. The first-order valence-electron chi connectivity index (χ1n) is 12.6. The van der Waals surface area contributed by atoms with Crippen LogP contribution in [0.25, 0.3) is 28.1 Å². The third kappa shape index (κ3) is 3.61. The van der Waals surface area contributed by atoms with Gasteiger partial charge in [0.2, 0.25) is 11.8 Å². The topological polar surface area (TPSA) is 114 Å². The van der Waals surface area contributed by atoms with Crippen molar-refractivity contribution in [1.82, 2.24) is 34.0 Å². The highest BCUT2D eigenvalue weighted by Gasteiger charge is 2.33. The molecule has 1 aromatic carbocycles. The highest BCUT2D eigenvalue weighted by Crippen LogP contribution is 2.29. The van der Waals surface area contributed by atoms with Crippen molar-refractivity contribution >= 4 is 33.9 Å². The summed E-state index contributed by atoms with van der Waals surface area (Å²) in [5.74, 6) is 2.17. The van der Waals surface area contributed by atoms with Crippen LogP contribution in [0, 0.1) is 0 Å². The van der Waals surface area contributed by atoms with Crippen molar-refractivity contribution in [3.8, 4) is 5.95 Å². The summed E-state index contributed by atoms with van der Waals surface area (Å²) in [6.07, 6.45) is 2.38. The van der Waals surface area contributed by atoms with Crippen molar-refractivity contribution in [2.24, 2.45) is 7.05 Å². The van der Waals surface area contributed by atoms with E-state index >= 15 is 0 Å². The fourth-order valence-electron chi connectivity index (χ4n) is 5.28. The molecule has 0 radical (unpaired) electrons. The number of hydrogen-bond acceptors (Lipinski definition) is 8. The molecule has 1 N–H and O–H groups in total. The Hall–Kier alpha value is -3.57. The lowest BCUT2D eigenvalue weighted by atomic mass is 10.2. The van der Waals surface area contributed by atoms with Gasteiger partial charge >= 0.3 is 0 Å². The fourth-order valence-corrected chi connectivity index (χ4v) is 5.28. The van der Waals surface area contributed by atoms with Crippen molar-refractivity contribution in [2.75, 3.05) is 44.4 Å². The van der Waals surface area contributed by atoms with Gasteiger partial charge in [-0.1, -0.05) is 19.1 Å².